The van der Waals surface area contributed by atoms with E-state index in [0.29, 0.717) is 32.7 Å². The number of amides is 2. The van der Waals surface area contributed by atoms with Gasteiger partial charge in [0.1, 0.15) is 11.2 Å². The zero-order valence-corrected chi connectivity index (χ0v) is 20.9. The fourth-order valence-corrected chi connectivity index (χ4v) is 3.41. The Hall–Kier alpha value is -1.62. The van der Waals surface area contributed by atoms with Crippen molar-refractivity contribution < 1.29 is 29.3 Å². The molecule has 0 saturated carbocycles. The summed E-state index contributed by atoms with van der Waals surface area (Å²) in [5.41, 5.74) is -0.926. The van der Waals surface area contributed by atoms with Crippen LogP contribution in [0.3, 0.4) is 0 Å². The maximum absolute atomic E-state index is 11.9. The number of rotatable bonds is 3. The molecular formula is C22H44N4O6. The number of likely N-dealkylation sites (N-methyl/N-ethyl adjacent to an activating group) is 1. The van der Waals surface area contributed by atoms with Gasteiger partial charge in [0.2, 0.25) is 0 Å². The van der Waals surface area contributed by atoms with Crippen LogP contribution >= 0.6 is 0 Å². The van der Waals surface area contributed by atoms with E-state index in [0.717, 1.165) is 13.1 Å². The van der Waals surface area contributed by atoms with Gasteiger partial charge in [-0.15, -0.1) is 0 Å². The molecule has 0 aromatic carbocycles. The number of nitrogens with zero attached hydrogens (tertiary/aromatic N) is 3. The maximum atomic E-state index is 11.9. The molecule has 2 amide bonds. The summed E-state index contributed by atoms with van der Waals surface area (Å²) in [4.78, 5) is 29.0. The Morgan fingerprint density at radius 3 is 1.84 bits per heavy atom. The smallest absolute Gasteiger partial charge is 0.410 e. The predicted octanol–water partition coefficient (Wildman–Crippen LogP) is 1.11. The second kappa shape index (κ2) is 12.6. The number of carbonyl (C=O) groups excluding carboxylic acids is 2. The summed E-state index contributed by atoms with van der Waals surface area (Å²) in [5, 5.41) is 21.4. The van der Waals surface area contributed by atoms with Crippen LogP contribution in [0.4, 0.5) is 9.59 Å². The van der Waals surface area contributed by atoms with Crippen LogP contribution in [0.25, 0.3) is 0 Å². The molecule has 2 aliphatic heterocycles. The SMILES string of the molecule is CC(C)(C)OC(=O)N1CCN[C@H](CO)C1.CCN1CCN(C(=O)OC(C)(C)C)C[C@H]1CO. The number of carbonyl (C=O) groups is 2. The summed E-state index contributed by atoms with van der Waals surface area (Å²) in [6.45, 7) is 18.0. The fourth-order valence-electron chi connectivity index (χ4n) is 3.41. The van der Waals surface area contributed by atoms with E-state index < -0.39 is 11.2 Å². The summed E-state index contributed by atoms with van der Waals surface area (Å²) in [6.07, 6.45) is -0.589. The first-order chi connectivity index (χ1) is 14.8. The minimum atomic E-state index is -0.465. The predicted molar refractivity (Wildman–Crippen MR) is 123 cm³/mol. The van der Waals surface area contributed by atoms with Crippen molar-refractivity contribution in [2.45, 2.75) is 71.8 Å². The topological polar surface area (TPSA) is 115 Å². The zero-order chi connectivity index (χ0) is 24.5. The highest BCUT2D eigenvalue weighted by molar-refractivity contribution is 5.68. The van der Waals surface area contributed by atoms with Gasteiger partial charge in [-0.2, -0.15) is 0 Å². The van der Waals surface area contributed by atoms with E-state index in [1.807, 2.05) is 41.5 Å². The van der Waals surface area contributed by atoms with Crippen molar-refractivity contribution in [1.82, 2.24) is 20.0 Å². The van der Waals surface area contributed by atoms with Crippen molar-refractivity contribution >= 4 is 12.2 Å². The summed E-state index contributed by atoms with van der Waals surface area (Å²) in [5.74, 6) is 0. The van der Waals surface area contributed by atoms with Crippen molar-refractivity contribution in [1.29, 1.82) is 0 Å². The lowest BCUT2D eigenvalue weighted by molar-refractivity contribution is -0.00316. The molecule has 0 radical (unpaired) electrons. The largest absolute Gasteiger partial charge is 0.444 e. The first-order valence-corrected chi connectivity index (χ1v) is 11.4. The van der Waals surface area contributed by atoms with Gasteiger partial charge >= 0.3 is 12.2 Å². The monoisotopic (exact) mass is 460 g/mol. The second-order valence-corrected chi connectivity index (χ2v) is 10.2. The first-order valence-electron chi connectivity index (χ1n) is 11.4. The van der Waals surface area contributed by atoms with Crippen LogP contribution in [0.5, 0.6) is 0 Å². The van der Waals surface area contributed by atoms with Gasteiger partial charge in [0.25, 0.3) is 0 Å². The van der Waals surface area contributed by atoms with Crippen molar-refractivity contribution in [3.63, 3.8) is 0 Å². The summed E-state index contributed by atoms with van der Waals surface area (Å²) in [6, 6.07) is -0.00691. The molecule has 0 unspecified atom stereocenters. The van der Waals surface area contributed by atoms with Crippen molar-refractivity contribution in [3.05, 3.63) is 0 Å². The molecule has 10 heteroatoms. The molecule has 2 fully saturated rings. The first kappa shape index (κ1) is 28.4. The molecule has 0 aromatic heterocycles. The van der Waals surface area contributed by atoms with Crippen LogP contribution in [0, 0.1) is 0 Å². The summed E-state index contributed by atoms with van der Waals surface area (Å²) >= 11 is 0. The quantitative estimate of drug-likeness (QED) is 0.574. The van der Waals surface area contributed by atoms with Gasteiger partial charge in [-0.25, -0.2) is 9.59 Å². The van der Waals surface area contributed by atoms with E-state index in [1.165, 1.54) is 0 Å². The Kier molecular flexibility index (Phi) is 11.2. The molecule has 188 valence electrons. The summed E-state index contributed by atoms with van der Waals surface area (Å²) in [7, 11) is 0. The van der Waals surface area contributed by atoms with Gasteiger partial charge in [-0.1, -0.05) is 6.92 Å². The van der Waals surface area contributed by atoms with Crippen LogP contribution in [-0.4, -0.2) is 119 Å². The van der Waals surface area contributed by atoms with Crippen molar-refractivity contribution in [3.8, 4) is 0 Å². The van der Waals surface area contributed by atoms with Crippen LogP contribution in [0.1, 0.15) is 48.5 Å². The molecule has 2 rings (SSSR count). The molecule has 2 saturated heterocycles. The third-order valence-electron chi connectivity index (χ3n) is 5.00. The Labute approximate surface area is 192 Å². The van der Waals surface area contributed by atoms with Gasteiger partial charge in [0.15, 0.2) is 0 Å². The molecular weight excluding hydrogens is 416 g/mol. The van der Waals surface area contributed by atoms with Crippen molar-refractivity contribution in [2.24, 2.45) is 0 Å². The van der Waals surface area contributed by atoms with Gasteiger partial charge in [0.05, 0.1) is 19.3 Å². The maximum Gasteiger partial charge on any atom is 0.410 e. The van der Waals surface area contributed by atoms with Crippen LogP contribution < -0.4 is 5.32 Å². The third-order valence-corrected chi connectivity index (χ3v) is 5.00. The molecule has 2 atom stereocenters. The van der Waals surface area contributed by atoms with Crippen LogP contribution in [0.2, 0.25) is 0 Å². The van der Waals surface area contributed by atoms with Crippen LogP contribution in [-0.2, 0) is 9.47 Å². The zero-order valence-electron chi connectivity index (χ0n) is 20.9. The number of aliphatic hydroxyl groups is 2. The second-order valence-electron chi connectivity index (χ2n) is 10.2. The molecule has 0 aromatic rings. The van der Waals surface area contributed by atoms with Gasteiger partial charge in [-0.3, -0.25) is 4.90 Å². The summed E-state index contributed by atoms with van der Waals surface area (Å²) < 4.78 is 10.6. The van der Waals surface area contributed by atoms with E-state index in [2.05, 4.69) is 17.1 Å². The number of nitrogens with one attached hydrogen (secondary N) is 1. The minimum Gasteiger partial charge on any atom is -0.444 e. The van der Waals surface area contributed by atoms with Gasteiger partial charge < -0.3 is 34.8 Å². The lowest BCUT2D eigenvalue weighted by Gasteiger charge is -2.40. The number of aliphatic hydroxyl groups excluding tert-OH is 2. The normalized spacial score (nSPS) is 22.7. The number of piperazine rings is 2. The van der Waals surface area contributed by atoms with E-state index in [9.17, 15) is 14.7 Å². The van der Waals surface area contributed by atoms with Gasteiger partial charge in [-0.05, 0) is 48.1 Å². The molecule has 2 aliphatic rings. The number of hydrogen-bond donors (Lipinski definition) is 3. The standard InChI is InChI=1S/C12H24N2O3.C10H20N2O3/c1-5-13-6-7-14(8-10(13)9-15)11(16)17-12(2,3)4;1-10(2,3)15-9(14)12-5-4-11-8(6-12)7-13/h10,15H,5-9H2,1-4H3;8,11,13H,4-7H2,1-3H3/t10-;8-/m00/s1. The highest BCUT2D eigenvalue weighted by Gasteiger charge is 2.31. The highest BCUT2D eigenvalue weighted by Crippen LogP contribution is 2.14. The van der Waals surface area contributed by atoms with E-state index >= 15 is 0 Å². The van der Waals surface area contributed by atoms with E-state index in [-0.39, 0.29) is 37.5 Å². The van der Waals surface area contributed by atoms with Gasteiger partial charge in [0, 0.05) is 45.3 Å². The Bertz CT molecular complexity index is 590. The molecule has 3 N–H and O–H groups in total. The molecule has 0 bridgehead atoms. The fraction of sp³-hybridized carbons (Fsp3) is 0.909. The average Bonchev–Trinajstić information content (AvgIpc) is 2.71. The number of hydrogen-bond acceptors (Lipinski definition) is 8. The Morgan fingerprint density at radius 1 is 0.875 bits per heavy atom. The van der Waals surface area contributed by atoms with E-state index in [1.54, 1.807) is 9.80 Å². The average molecular weight is 461 g/mol. The highest BCUT2D eigenvalue weighted by atomic mass is 16.6. The molecule has 10 nitrogen and oxygen atoms in total. The van der Waals surface area contributed by atoms with E-state index in [4.69, 9.17) is 14.6 Å². The third kappa shape index (κ3) is 10.3. The lowest BCUT2D eigenvalue weighted by Crippen LogP contribution is -2.56. The van der Waals surface area contributed by atoms with Crippen molar-refractivity contribution in [2.75, 3.05) is 59.0 Å². The van der Waals surface area contributed by atoms with Crippen LogP contribution in [0.15, 0.2) is 0 Å². The number of ether oxygens (including phenoxy) is 2. The molecule has 32 heavy (non-hydrogen) atoms. The molecule has 0 spiro atoms. The molecule has 0 aliphatic carbocycles. The Balaban J connectivity index is 0.000000323. The lowest BCUT2D eigenvalue weighted by atomic mass is 10.2. The Morgan fingerprint density at radius 2 is 1.41 bits per heavy atom. The minimum absolute atomic E-state index is 0.0290. The molecule has 2 heterocycles.